The van der Waals surface area contributed by atoms with Crippen LogP contribution in [0.15, 0.2) is 29.8 Å². The topological polar surface area (TPSA) is 26.3 Å². The Morgan fingerprint density at radius 1 is 1.24 bits per heavy atom. The minimum absolute atomic E-state index is 0.121. The first-order chi connectivity index (χ1) is 8.11. The van der Waals surface area contributed by atoms with Gasteiger partial charge in [-0.1, -0.05) is 41.5 Å². The van der Waals surface area contributed by atoms with Gasteiger partial charge in [-0.3, -0.25) is 4.79 Å². The van der Waals surface area contributed by atoms with Crippen molar-refractivity contribution in [1.29, 1.82) is 0 Å². The molecule has 1 rings (SSSR count). The van der Waals surface area contributed by atoms with E-state index in [0.717, 1.165) is 6.42 Å². The Bertz CT molecular complexity index is 388. The standard InChI is InChI=1S/C15H20O2/c1-4-17-15(16)10-7-13(3)11-14-8-5-12(2)6-9-14/h5-6,8-9,11H,4,7,10H2,1-3H3. The number of benzene rings is 1. The molecule has 0 fully saturated rings. The van der Waals surface area contributed by atoms with Crippen molar-refractivity contribution in [3.05, 3.63) is 41.0 Å². The molecule has 0 N–H and O–H groups in total. The van der Waals surface area contributed by atoms with Gasteiger partial charge in [0.1, 0.15) is 0 Å². The van der Waals surface area contributed by atoms with Crippen LogP contribution in [0, 0.1) is 6.92 Å². The van der Waals surface area contributed by atoms with Gasteiger partial charge in [0.2, 0.25) is 0 Å². The first kappa shape index (κ1) is 13.5. The molecule has 0 aliphatic rings. The summed E-state index contributed by atoms with van der Waals surface area (Å²) in [7, 11) is 0. The molecular weight excluding hydrogens is 212 g/mol. The van der Waals surface area contributed by atoms with Gasteiger partial charge in [0, 0.05) is 6.42 Å². The van der Waals surface area contributed by atoms with Crippen molar-refractivity contribution in [3.63, 3.8) is 0 Å². The molecule has 1 aromatic carbocycles. The van der Waals surface area contributed by atoms with Gasteiger partial charge in [-0.05, 0) is 32.8 Å². The van der Waals surface area contributed by atoms with Crippen molar-refractivity contribution in [1.82, 2.24) is 0 Å². The maximum absolute atomic E-state index is 11.2. The SMILES string of the molecule is CCOC(=O)CCC(C)=Cc1ccc(C)cc1. The Morgan fingerprint density at radius 2 is 1.88 bits per heavy atom. The van der Waals surface area contributed by atoms with E-state index in [9.17, 15) is 4.79 Å². The Labute approximate surface area is 103 Å². The molecule has 0 heterocycles. The number of carbonyl (C=O) groups is 1. The molecular formula is C15H20O2. The average molecular weight is 232 g/mol. The van der Waals surface area contributed by atoms with E-state index in [2.05, 4.69) is 37.3 Å². The Hall–Kier alpha value is -1.57. The smallest absolute Gasteiger partial charge is 0.306 e. The summed E-state index contributed by atoms with van der Waals surface area (Å²) in [6, 6.07) is 8.35. The highest BCUT2D eigenvalue weighted by atomic mass is 16.5. The van der Waals surface area contributed by atoms with Crippen LogP contribution in [0.3, 0.4) is 0 Å². The third-order valence-corrected chi connectivity index (χ3v) is 2.52. The minimum Gasteiger partial charge on any atom is -0.466 e. The van der Waals surface area contributed by atoms with Crippen molar-refractivity contribution < 1.29 is 9.53 Å². The van der Waals surface area contributed by atoms with Crippen LogP contribution in [0.1, 0.15) is 37.8 Å². The normalized spacial score (nSPS) is 11.4. The van der Waals surface area contributed by atoms with E-state index in [1.54, 1.807) is 0 Å². The molecule has 0 aromatic heterocycles. The van der Waals surface area contributed by atoms with Crippen molar-refractivity contribution in [2.24, 2.45) is 0 Å². The van der Waals surface area contributed by atoms with Crippen LogP contribution >= 0.6 is 0 Å². The molecule has 17 heavy (non-hydrogen) atoms. The number of hydrogen-bond acceptors (Lipinski definition) is 2. The summed E-state index contributed by atoms with van der Waals surface area (Å²) in [6.45, 7) is 6.40. The second kappa shape index (κ2) is 6.89. The van der Waals surface area contributed by atoms with E-state index in [4.69, 9.17) is 4.74 Å². The lowest BCUT2D eigenvalue weighted by Crippen LogP contribution is -2.03. The maximum Gasteiger partial charge on any atom is 0.306 e. The molecule has 2 heteroatoms. The Morgan fingerprint density at radius 3 is 2.47 bits per heavy atom. The lowest BCUT2D eigenvalue weighted by molar-refractivity contribution is -0.143. The third-order valence-electron chi connectivity index (χ3n) is 2.52. The van der Waals surface area contributed by atoms with E-state index in [1.807, 2.05) is 13.8 Å². The second-order valence-electron chi connectivity index (χ2n) is 4.21. The van der Waals surface area contributed by atoms with Crippen molar-refractivity contribution >= 4 is 12.0 Å². The summed E-state index contributed by atoms with van der Waals surface area (Å²) >= 11 is 0. The number of carbonyl (C=O) groups excluding carboxylic acids is 1. The van der Waals surface area contributed by atoms with Crippen molar-refractivity contribution in [3.8, 4) is 0 Å². The van der Waals surface area contributed by atoms with E-state index in [-0.39, 0.29) is 5.97 Å². The zero-order valence-corrected chi connectivity index (χ0v) is 10.8. The van der Waals surface area contributed by atoms with Gasteiger partial charge in [-0.25, -0.2) is 0 Å². The molecule has 0 atom stereocenters. The molecule has 0 bridgehead atoms. The van der Waals surface area contributed by atoms with Crippen molar-refractivity contribution in [2.45, 2.75) is 33.6 Å². The fourth-order valence-corrected chi connectivity index (χ4v) is 1.55. The maximum atomic E-state index is 11.2. The monoisotopic (exact) mass is 232 g/mol. The van der Waals surface area contributed by atoms with Crippen LogP contribution < -0.4 is 0 Å². The van der Waals surface area contributed by atoms with Crippen LogP contribution in [0.5, 0.6) is 0 Å². The van der Waals surface area contributed by atoms with Gasteiger partial charge in [0.15, 0.2) is 0 Å². The molecule has 1 aromatic rings. The summed E-state index contributed by atoms with van der Waals surface area (Å²) in [5.41, 5.74) is 3.63. The highest BCUT2D eigenvalue weighted by molar-refractivity contribution is 5.70. The molecule has 0 aliphatic heterocycles. The summed E-state index contributed by atoms with van der Waals surface area (Å²) in [5, 5.41) is 0. The number of hydrogen-bond donors (Lipinski definition) is 0. The van der Waals surface area contributed by atoms with Crippen LogP contribution in [-0.4, -0.2) is 12.6 Å². The largest absolute Gasteiger partial charge is 0.466 e. The molecule has 0 saturated heterocycles. The fourth-order valence-electron chi connectivity index (χ4n) is 1.55. The lowest BCUT2D eigenvalue weighted by Gasteiger charge is -2.03. The first-order valence-electron chi connectivity index (χ1n) is 6.01. The highest BCUT2D eigenvalue weighted by Crippen LogP contribution is 2.12. The molecule has 0 radical (unpaired) electrons. The van der Waals surface area contributed by atoms with Gasteiger partial charge in [-0.15, -0.1) is 0 Å². The molecule has 0 saturated carbocycles. The zero-order chi connectivity index (χ0) is 12.7. The summed E-state index contributed by atoms with van der Waals surface area (Å²) in [4.78, 5) is 11.2. The molecule has 0 spiro atoms. The molecule has 0 unspecified atom stereocenters. The van der Waals surface area contributed by atoms with Gasteiger partial charge in [0.05, 0.1) is 6.61 Å². The highest BCUT2D eigenvalue weighted by Gasteiger charge is 2.01. The summed E-state index contributed by atoms with van der Waals surface area (Å²) in [5.74, 6) is -0.121. The zero-order valence-electron chi connectivity index (χ0n) is 10.8. The van der Waals surface area contributed by atoms with E-state index in [1.165, 1.54) is 16.7 Å². The van der Waals surface area contributed by atoms with E-state index < -0.39 is 0 Å². The number of aryl methyl sites for hydroxylation is 1. The predicted molar refractivity (Wildman–Crippen MR) is 70.7 cm³/mol. The van der Waals surface area contributed by atoms with Crippen LogP contribution in [0.4, 0.5) is 0 Å². The third kappa shape index (κ3) is 5.34. The first-order valence-corrected chi connectivity index (χ1v) is 6.01. The van der Waals surface area contributed by atoms with E-state index in [0.29, 0.717) is 13.0 Å². The number of allylic oxidation sites excluding steroid dienone is 1. The van der Waals surface area contributed by atoms with Crippen molar-refractivity contribution in [2.75, 3.05) is 6.61 Å². The fraction of sp³-hybridized carbons (Fsp3) is 0.400. The van der Waals surface area contributed by atoms with Gasteiger partial charge in [0.25, 0.3) is 0 Å². The minimum atomic E-state index is -0.121. The summed E-state index contributed by atoms with van der Waals surface area (Å²) < 4.78 is 4.89. The predicted octanol–water partition coefficient (Wildman–Crippen LogP) is 3.74. The molecule has 2 nitrogen and oxygen atoms in total. The Kier molecular flexibility index (Phi) is 5.47. The summed E-state index contributed by atoms with van der Waals surface area (Å²) in [6.07, 6.45) is 3.33. The van der Waals surface area contributed by atoms with Crippen LogP contribution in [0.2, 0.25) is 0 Å². The Balaban J connectivity index is 2.49. The van der Waals surface area contributed by atoms with Crippen LogP contribution in [0.25, 0.3) is 6.08 Å². The number of esters is 1. The molecule has 0 aliphatic carbocycles. The van der Waals surface area contributed by atoms with E-state index >= 15 is 0 Å². The molecule has 92 valence electrons. The van der Waals surface area contributed by atoms with Gasteiger partial charge < -0.3 is 4.74 Å². The van der Waals surface area contributed by atoms with Crippen LogP contribution in [-0.2, 0) is 9.53 Å². The number of ether oxygens (including phenoxy) is 1. The molecule has 0 amide bonds. The second-order valence-corrected chi connectivity index (χ2v) is 4.21. The van der Waals surface area contributed by atoms with Gasteiger partial charge >= 0.3 is 5.97 Å². The number of rotatable bonds is 5. The quantitative estimate of drug-likeness (QED) is 0.723. The lowest BCUT2D eigenvalue weighted by atomic mass is 10.1. The van der Waals surface area contributed by atoms with Gasteiger partial charge in [-0.2, -0.15) is 0 Å². The average Bonchev–Trinajstić information content (AvgIpc) is 2.30.